The van der Waals surface area contributed by atoms with E-state index in [1.54, 1.807) is 0 Å². The second kappa shape index (κ2) is 6.31. The molecule has 2 aromatic rings. The summed E-state index contributed by atoms with van der Waals surface area (Å²) in [4.78, 5) is 11.3. The SMILES string of the molecule is O=C1N[C@H](c2cccc(OCc3ccccc3)c2)CCO1. The first-order chi connectivity index (χ1) is 10.3. The number of rotatable bonds is 4. The highest BCUT2D eigenvalue weighted by atomic mass is 16.5. The third-order valence-corrected chi connectivity index (χ3v) is 3.44. The average Bonchev–Trinajstić information content (AvgIpc) is 2.54. The van der Waals surface area contributed by atoms with Crippen molar-refractivity contribution in [3.05, 3.63) is 65.7 Å². The van der Waals surface area contributed by atoms with E-state index in [9.17, 15) is 4.79 Å². The lowest BCUT2D eigenvalue weighted by Crippen LogP contribution is -2.35. The van der Waals surface area contributed by atoms with Gasteiger partial charge in [-0.25, -0.2) is 4.79 Å². The number of benzene rings is 2. The maximum atomic E-state index is 11.3. The number of cyclic esters (lactones) is 1. The van der Waals surface area contributed by atoms with Gasteiger partial charge in [0.25, 0.3) is 0 Å². The molecule has 1 saturated heterocycles. The van der Waals surface area contributed by atoms with Crippen LogP contribution in [0, 0.1) is 0 Å². The molecule has 108 valence electrons. The first kappa shape index (κ1) is 13.5. The highest BCUT2D eigenvalue weighted by Gasteiger charge is 2.20. The number of nitrogens with one attached hydrogen (secondary N) is 1. The topological polar surface area (TPSA) is 47.6 Å². The zero-order valence-corrected chi connectivity index (χ0v) is 11.6. The number of amides is 1. The lowest BCUT2D eigenvalue weighted by Gasteiger charge is -2.24. The van der Waals surface area contributed by atoms with Crippen LogP contribution in [0.15, 0.2) is 54.6 Å². The van der Waals surface area contributed by atoms with Crippen LogP contribution >= 0.6 is 0 Å². The van der Waals surface area contributed by atoms with Gasteiger partial charge in [-0.3, -0.25) is 0 Å². The fourth-order valence-corrected chi connectivity index (χ4v) is 2.34. The molecule has 1 atom stereocenters. The molecule has 1 aliphatic rings. The van der Waals surface area contributed by atoms with Crippen LogP contribution in [-0.2, 0) is 11.3 Å². The van der Waals surface area contributed by atoms with E-state index in [0.717, 1.165) is 23.3 Å². The summed E-state index contributed by atoms with van der Waals surface area (Å²) in [6.45, 7) is 0.982. The van der Waals surface area contributed by atoms with Crippen molar-refractivity contribution in [3.8, 4) is 5.75 Å². The number of carbonyl (C=O) groups excluding carboxylic acids is 1. The molecule has 0 unspecified atom stereocenters. The van der Waals surface area contributed by atoms with Gasteiger partial charge in [-0.1, -0.05) is 42.5 Å². The molecule has 1 heterocycles. The first-order valence-electron chi connectivity index (χ1n) is 7.01. The molecule has 0 aromatic heterocycles. The van der Waals surface area contributed by atoms with Crippen molar-refractivity contribution in [1.82, 2.24) is 5.32 Å². The largest absolute Gasteiger partial charge is 0.489 e. The number of ether oxygens (including phenoxy) is 2. The van der Waals surface area contributed by atoms with Crippen LogP contribution in [-0.4, -0.2) is 12.7 Å². The maximum Gasteiger partial charge on any atom is 0.407 e. The van der Waals surface area contributed by atoms with Crippen LogP contribution in [0.2, 0.25) is 0 Å². The van der Waals surface area contributed by atoms with Gasteiger partial charge in [0.2, 0.25) is 0 Å². The van der Waals surface area contributed by atoms with E-state index < -0.39 is 0 Å². The average molecular weight is 283 g/mol. The Morgan fingerprint density at radius 1 is 1.14 bits per heavy atom. The van der Waals surface area contributed by atoms with E-state index in [2.05, 4.69) is 5.32 Å². The van der Waals surface area contributed by atoms with Gasteiger partial charge in [0.1, 0.15) is 12.4 Å². The van der Waals surface area contributed by atoms with E-state index in [4.69, 9.17) is 9.47 Å². The summed E-state index contributed by atoms with van der Waals surface area (Å²) in [5.74, 6) is 0.803. The van der Waals surface area contributed by atoms with Crippen molar-refractivity contribution in [2.24, 2.45) is 0 Å². The smallest absolute Gasteiger partial charge is 0.407 e. The van der Waals surface area contributed by atoms with Gasteiger partial charge < -0.3 is 14.8 Å². The van der Waals surface area contributed by atoms with Crippen molar-refractivity contribution in [2.45, 2.75) is 19.1 Å². The van der Waals surface area contributed by atoms with Crippen molar-refractivity contribution in [2.75, 3.05) is 6.61 Å². The number of hydrogen-bond donors (Lipinski definition) is 1. The normalized spacial score (nSPS) is 17.7. The summed E-state index contributed by atoms with van der Waals surface area (Å²) < 4.78 is 10.7. The second-order valence-electron chi connectivity index (χ2n) is 4.97. The standard InChI is InChI=1S/C17H17NO3/c19-17-18-16(9-10-20-17)14-7-4-8-15(11-14)21-12-13-5-2-1-3-6-13/h1-8,11,16H,9-10,12H2,(H,18,19)/t16-/m0/s1. The monoisotopic (exact) mass is 283 g/mol. The zero-order chi connectivity index (χ0) is 14.5. The van der Waals surface area contributed by atoms with E-state index in [1.165, 1.54) is 0 Å². The molecule has 4 nitrogen and oxygen atoms in total. The van der Waals surface area contributed by atoms with E-state index in [1.807, 2.05) is 54.6 Å². The minimum Gasteiger partial charge on any atom is -0.489 e. The highest BCUT2D eigenvalue weighted by Crippen LogP contribution is 2.24. The minimum atomic E-state index is -0.359. The summed E-state index contributed by atoms with van der Waals surface area (Å²) in [7, 11) is 0. The Morgan fingerprint density at radius 2 is 2.00 bits per heavy atom. The number of hydrogen-bond acceptors (Lipinski definition) is 3. The van der Waals surface area contributed by atoms with Gasteiger partial charge in [0, 0.05) is 6.42 Å². The summed E-state index contributed by atoms with van der Waals surface area (Å²) >= 11 is 0. The third-order valence-electron chi connectivity index (χ3n) is 3.44. The Hall–Kier alpha value is -2.49. The molecule has 4 heteroatoms. The fourth-order valence-electron chi connectivity index (χ4n) is 2.34. The molecular formula is C17H17NO3. The van der Waals surface area contributed by atoms with Crippen molar-refractivity contribution >= 4 is 6.09 Å². The minimum absolute atomic E-state index is 0.00785. The Labute approximate surface area is 123 Å². The Balaban J connectivity index is 1.67. The van der Waals surface area contributed by atoms with Crippen LogP contribution in [0.1, 0.15) is 23.6 Å². The van der Waals surface area contributed by atoms with Crippen molar-refractivity contribution in [1.29, 1.82) is 0 Å². The first-order valence-corrected chi connectivity index (χ1v) is 7.01. The summed E-state index contributed by atoms with van der Waals surface area (Å²) in [6, 6.07) is 17.9. The lowest BCUT2D eigenvalue weighted by molar-refractivity contribution is 0.115. The van der Waals surface area contributed by atoms with Crippen molar-refractivity contribution < 1.29 is 14.3 Å². The summed E-state index contributed by atoms with van der Waals surface area (Å²) in [5.41, 5.74) is 2.17. The van der Waals surface area contributed by atoms with Crippen LogP contribution < -0.4 is 10.1 Å². The molecule has 0 bridgehead atoms. The number of carbonyl (C=O) groups is 1. The van der Waals surface area contributed by atoms with Gasteiger partial charge in [0.15, 0.2) is 0 Å². The quantitative estimate of drug-likeness (QED) is 0.935. The predicted octanol–water partition coefficient (Wildman–Crippen LogP) is 3.44. The molecule has 3 rings (SSSR count). The van der Waals surface area contributed by atoms with E-state index >= 15 is 0 Å². The highest BCUT2D eigenvalue weighted by molar-refractivity contribution is 5.68. The second-order valence-corrected chi connectivity index (χ2v) is 4.97. The molecule has 1 amide bonds. The van der Waals surface area contributed by atoms with Crippen molar-refractivity contribution in [3.63, 3.8) is 0 Å². The van der Waals surface area contributed by atoms with Gasteiger partial charge in [-0.15, -0.1) is 0 Å². The molecule has 1 N–H and O–H groups in total. The molecular weight excluding hydrogens is 266 g/mol. The maximum absolute atomic E-state index is 11.3. The Bertz CT molecular complexity index is 612. The van der Waals surface area contributed by atoms with Gasteiger partial charge in [-0.05, 0) is 23.3 Å². The molecule has 1 fully saturated rings. The Morgan fingerprint density at radius 3 is 2.81 bits per heavy atom. The summed E-state index contributed by atoms with van der Waals surface area (Å²) in [6.07, 6.45) is 0.412. The van der Waals surface area contributed by atoms with Gasteiger partial charge in [0.05, 0.1) is 12.6 Å². The molecule has 0 aliphatic carbocycles. The third kappa shape index (κ3) is 3.54. The molecule has 0 saturated carbocycles. The van der Waals surface area contributed by atoms with Crippen LogP contribution in [0.3, 0.4) is 0 Å². The summed E-state index contributed by atoms with van der Waals surface area (Å²) in [5, 5.41) is 2.82. The molecule has 21 heavy (non-hydrogen) atoms. The molecule has 0 radical (unpaired) electrons. The predicted molar refractivity (Wildman–Crippen MR) is 79.1 cm³/mol. The zero-order valence-electron chi connectivity index (χ0n) is 11.6. The molecule has 0 spiro atoms. The van der Waals surface area contributed by atoms with E-state index in [0.29, 0.717) is 13.2 Å². The molecule has 1 aliphatic heterocycles. The molecule has 2 aromatic carbocycles. The Kier molecular flexibility index (Phi) is 4.05. The van der Waals surface area contributed by atoms with Gasteiger partial charge >= 0.3 is 6.09 Å². The van der Waals surface area contributed by atoms with Crippen LogP contribution in [0.4, 0.5) is 4.79 Å². The number of alkyl carbamates (subject to hydrolysis) is 1. The lowest BCUT2D eigenvalue weighted by atomic mass is 10.0. The van der Waals surface area contributed by atoms with Gasteiger partial charge in [-0.2, -0.15) is 0 Å². The van der Waals surface area contributed by atoms with E-state index in [-0.39, 0.29) is 12.1 Å². The van der Waals surface area contributed by atoms with Crippen LogP contribution in [0.25, 0.3) is 0 Å². The fraction of sp³-hybridized carbons (Fsp3) is 0.235. The van der Waals surface area contributed by atoms with Crippen LogP contribution in [0.5, 0.6) is 5.75 Å².